The van der Waals surface area contributed by atoms with Gasteiger partial charge in [-0.05, 0) is 30.4 Å². The zero-order chi connectivity index (χ0) is 11.7. The number of nitrogens with zero attached hydrogens (tertiary/aromatic N) is 2. The molecule has 1 heterocycles. The molecule has 0 aliphatic heterocycles. The van der Waals surface area contributed by atoms with Crippen LogP contribution in [-0.2, 0) is 12.3 Å². The highest BCUT2D eigenvalue weighted by Crippen LogP contribution is 2.37. The Labute approximate surface area is 110 Å². The lowest BCUT2D eigenvalue weighted by molar-refractivity contribution is 0.609. The maximum absolute atomic E-state index is 5.79. The molecule has 2 nitrogen and oxygen atoms in total. The molecule has 1 aromatic carbocycles. The van der Waals surface area contributed by atoms with Crippen LogP contribution < -0.4 is 0 Å². The van der Waals surface area contributed by atoms with E-state index < -0.39 is 0 Å². The van der Waals surface area contributed by atoms with Gasteiger partial charge in [-0.3, -0.25) is 0 Å². The monoisotopic (exact) mass is 264 g/mol. The van der Waals surface area contributed by atoms with Gasteiger partial charge in [0, 0.05) is 5.92 Å². The van der Waals surface area contributed by atoms with E-state index in [1.54, 1.807) is 11.3 Å². The maximum atomic E-state index is 5.79. The van der Waals surface area contributed by atoms with Crippen LogP contribution in [0.1, 0.15) is 39.9 Å². The minimum absolute atomic E-state index is 0.425. The van der Waals surface area contributed by atoms with Crippen LogP contribution in [0.2, 0.25) is 0 Å². The third-order valence-electron chi connectivity index (χ3n) is 3.26. The summed E-state index contributed by atoms with van der Waals surface area (Å²) in [6.07, 6.45) is 3.60. The van der Waals surface area contributed by atoms with Crippen LogP contribution in [0, 0.1) is 0 Å². The first kappa shape index (κ1) is 11.2. The zero-order valence-corrected chi connectivity index (χ0v) is 11.0. The first-order chi connectivity index (χ1) is 8.38. The van der Waals surface area contributed by atoms with E-state index in [1.807, 2.05) is 0 Å². The molecule has 17 heavy (non-hydrogen) atoms. The summed E-state index contributed by atoms with van der Waals surface area (Å²) in [4.78, 5) is 0. The van der Waals surface area contributed by atoms with Crippen molar-refractivity contribution in [2.24, 2.45) is 0 Å². The second-order valence-corrected chi connectivity index (χ2v) is 5.67. The number of alkyl halides is 1. The molecule has 0 fully saturated rings. The molecule has 0 amide bonds. The first-order valence-electron chi connectivity index (χ1n) is 5.84. The van der Waals surface area contributed by atoms with Crippen molar-refractivity contribution < 1.29 is 0 Å². The van der Waals surface area contributed by atoms with Crippen LogP contribution in [0.4, 0.5) is 0 Å². The lowest BCUT2D eigenvalue weighted by Crippen LogP contribution is -2.10. The van der Waals surface area contributed by atoms with E-state index in [0.717, 1.165) is 10.0 Å². The number of aromatic nitrogens is 2. The minimum atomic E-state index is 0.425. The van der Waals surface area contributed by atoms with Gasteiger partial charge in [-0.1, -0.05) is 35.6 Å². The summed E-state index contributed by atoms with van der Waals surface area (Å²) in [5, 5.41) is 10.5. The van der Waals surface area contributed by atoms with Crippen molar-refractivity contribution in [2.75, 3.05) is 0 Å². The summed E-state index contributed by atoms with van der Waals surface area (Å²) in [6.45, 7) is 0. The van der Waals surface area contributed by atoms with E-state index in [1.165, 1.54) is 30.4 Å². The lowest BCUT2D eigenvalue weighted by atomic mass is 9.83. The summed E-state index contributed by atoms with van der Waals surface area (Å²) >= 11 is 7.44. The highest BCUT2D eigenvalue weighted by atomic mass is 35.5. The van der Waals surface area contributed by atoms with Gasteiger partial charge in [0.25, 0.3) is 0 Å². The quantitative estimate of drug-likeness (QED) is 0.772. The Hall–Kier alpha value is -0.930. The number of aryl methyl sites for hydroxylation is 1. The predicted octanol–water partition coefficient (Wildman–Crippen LogP) is 3.75. The molecule has 0 saturated heterocycles. The summed E-state index contributed by atoms with van der Waals surface area (Å²) in [5.74, 6) is 0.890. The number of hydrogen-bond donors (Lipinski definition) is 0. The van der Waals surface area contributed by atoms with Gasteiger partial charge in [-0.15, -0.1) is 21.8 Å². The molecule has 1 unspecified atom stereocenters. The molecule has 1 aromatic heterocycles. The molecule has 4 heteroatoms. The maximum Gasteiger partial charge on any atom is 0.132 e. The van der Waals surface area contributed by atoms with Gasteiger partial charge in [0.05, 0.1) is 5.88 Å². The Morgan fingerprint density at radius 2 is 2.18 bits per heavy atom. The van der Waals surface area contributed by atoms with Crippen LogP contribution in [-0.4, -0.2) is 10.2 Å². The third kappa shape index (κ3) is 2.09. The van der Waals surface area contributed by atoms with Crippen LogP contribution >= 0.6 is 22.9 Å². The Balaban J connectivity index is 1.99. The molecule has 0 spiro atoms. The normalized spacial score (nSPS) is 19.0. The van der Waals surface area contributed by atoms with Crippen LogP contribution in [0.5, 0.6) is 0 Å². The van der Waals surface area contributed by atoms with Crippen molar-refractivity contribution in [1.82, 2.24) is 10.2 Å². The lowest BCUT2D eigenvalue weighted by Gasteiger charge is -2.23. The molecule has 88 valence electrons. The Morgan fingerprint density at radius 3 is 3.00 bits per heavy atom. The average Bonchev–Trinajstić information content (AvgIpc) is 2.87. The molecule has 3 rings (SSSR count). The fourth-order valence-electron chi connectivity index (χ4n) is 2.47. The van der Waals surface area contributed by atoms with E-state index >= 15 is 0 Å². The predicted molar refractivity (Wildman–Crippen MR) is 70.7 cm³/mol. The van der Waals surface area contributed by atoms with Gasteiger partial charge < -0.3 is 0 Å². The van der Waals surface area contributed by atoms with E-state index in [0.29, 0.717) is 11.8 Å². The second-order valence-electron chi connectivity index (χ2n) is 4.31. The van der Waals surface area contributed by atoms with Crippen LogP contribution in [0.25, 0.3) is 0 Å². The van der Waals surface area contributed by atoms with E-state index in [-0.39, 0.29) is 0 Å². The highest BCUT2D eigenvalue weighted by Gasteiger charge is 2.24. The van der Waals surface area contributed by atoms with Crippen molar-refractivity contribution in [3.8, 4) is 0 Å². The second kappa shape index (κ2) is 4.75. The largest absolute Gasteiger partial charge is 0.143 e. The highest BCUT2D eigenvalue weighted by molar-refractivity contribution is 7.11. The number of rotatable bonds is 2. The van der Waals surface area contributed by atoms with Crippen molar-refractivity contribution in [3.63, 3.8) is 0 Å². The van der Waals surface area contributed by atoms with Gasteiger partial charge >= 0.3 is 0 Å². The van der Waals surface area contributed by atoms with Crippen molar-refractivity contribution in [2.45, 2.75) is 31.1 Å². The summed E-state index contributed by atoms with van der Waals surface area (Å²) in [5.41, 5.74) is 2.89. The van der Waals surface area contributed by atoms with E-state index in [9.17, 15) is 0 Å². The van der Waals surface area contributed by atoms with Crippen molar-refractivity contribution in [3.05, 3.63) is 45.4 Å². The molecule has 0 N–H and O–H groups in total. The summed E-state index contributed by atoms with van der Waals surface area (Å²) < 4.78 is 0. The topological polar surface area (TPSA) is 25.8 Å². The van der Waals surface area contributed by atoms with Gasteiger partial charge in [0.2, 0.25) is 0 Å². The van der Waals surface area contributed by atoms with Gasteiger partial charge in [0.15, 0.2) is 0 Å². The number of fused-ring (bicyclic) bond motifs is 1. The number of hydrogen-bond acceptors (Lipinski definition) is 3. The molecule has 2 aromatic rings. The van der Waals surface area contributed by atoms with Gasteiger partial charge in [-0.2, -0.15) is 0 Å². The Morgan fingerprint density at radius 1 is 1.29 bits per heavy atom. The summed E-state index contributed by atoms with van der Waals surface area (Å²) in [6, 6.07) is 8.68. The molecule has 1 atom stereocenters. The summed E-state index contributed by atoms with van der Waals surface area (Å²) in [7, 11) is 0. The standard InChI is InChI=1S/C13H13ClN2S/c14-8-12-15-16-13(17-12)11-7-3-5-9-4-1-2-6-10(9)11/h1-2,4,6,11H,3,5,7-8H2. The van der Waals surface area contributed by atoms with E-state index in [2.05, 4.69) is 34.5 Å². The molecule has 1 aliphatic rings. The first-order valence-corrected chi connectivity index (χ1v) is 7.19. The SMILES string of the molecule is ClCc1nnc(C2CCCc3ccccc32)s1. The molecule has 0 bridgehead atoms. The third-order valence-corrected chi connectivity index (χ3v) is 4.71. The van der Waals surface area contributed by atoms with Crippen molar-refractivity contribution >= 4 is 22.9 Å². The fourth-order valence-corrected chi connectivity index (χ4v) is 3.54. The molecular formula is C13H13ClN2S. The average molecular weight is 265 g/mol. The molecule has 1 aliphatic carbocycles. The molecule has 0 radical (unpaired) electrons. The molecular weight excluding hydrogens is 252 g/mol. The van der Waals surface area contributed by atoms with Gasteiger partial charge in [0.1, 0.15) is 10.0 Å². The van der Waals surface area contributed by atoms with Crippen LogP contribution in [0.15, 0.2) is 24.3 Å². The number of halogens is 1. The van der Waals surface area contributed by atoms with E-state index in [4.69, 9.17) is 11.6 Å². The molecule has 0 saturated carbocycles. The Kier molecular flexibility index (Phi) is 3.12. The minimum Gasteiger partial charge on any atom is -0.143 e. The van der Waals surface area contributed by atoms with Crippen LogP contribution in [0.3, 0.4) is 0 Å². The smallest absolute Gasteiger partial charge is 0.132 e. The fraction of sp³-hybridized carbons (Fsp3) is 0.385. The Bertz CT molecular complexity index is 524. The van der Waals surface area contributed by atoms with Gasteiger partial charge in [-0.25, -0.2) is 0 Å². The van der Waals surface area contributed by atoms with Crippen molar-refractivity contribution in [1.29, 1.82) is 0 Å². The zero-order valence-electron chi connectivity index (χ0n) is 9.40. The number of benzene rings is 1.